The highest BCUT2D eigenvalue weighted by Gasteiger charge is 2.21. The normalized spacial score (nSPS) is 11.0. The quantitative estimate of drug-likeness (QED) is 0.520. The van der Waals surface area contributed by atoms with E-state index in [4.69, 9.17) is 32.4 Å². The van der Waals surface area contributed by atoms with E-state index >= 15 is 0 Å². The Hall–Kier alpha value is -2.64. The highest BCUT2D eigenvalue weighted by molar-refractivity contribution is 6.33. The maximum atomic E-state index is 13.2. The highest BCUT2D eigenvalue weighted by atomic mass is 35.5. The lowest BCUT2D eigenvalue weighted by molar-refractivity contribution is -0.136. The van der Waals surface area contributed by atoms with Crippen molar-refractivity contribution in [2.75, 3.05) is 6.61 Å². The lowest BCUT2D eigenvalue weighted by Crippen LogP contribution is -2.39. The van der Waals surface area contributed by atoms with Crippen molar-refractivity contribution in [2.24, 2.45) is 0 Å². The van der Waals surface area contributed by atoms with E-state index < -0.39 is 5.82 Å². The van der Waals surface area contributed by atoms with Crippen molar-refractivity contribution >= 4 is 29.1 Å². The largest absolute Gasteiger partial charge is 0.484 e. The van der Waals surface area contributed by atoms with Gasteiger partial charge in [0.2, 0.25) is 11.8 Å². The first-order valence-electron chi connectivity index (χ1n) is 8.79. The van der Waals surface area contributed by atoms with E-state index in [1.807, 2.05) is 19.9 Å². The summed E-state index contributed by atoms with van der Waals surface area (Å²) in [6.45, 7) is 3.59. The number of carbonyl (C=O) groups excluding carboxylic acids is 1. The van der Waals surface area contributed by atoms with Gasteiger partial charge in [-0.3, -0.25) is 4.79 Å². The summed E-state index contributed by atoms with van der Waals surface area (Å²) in [5.41, 5.74) is 0.617. The third kappa shape index (κ3) is 5.25. The van der Waals surface area contributed by atoms with Crippen molar-refractivity contribution in [3.05, 3.63) is 64.2 Å². The summed E-state index contributed by atoms with van der Waals surface area (Å²) in [5.74, 6) is -0.00387. The number of aromatic nitrogens is 2. The summed E-state index contributed by atoms with van der Waals surface area (Å²) in [4.78, 5) is 14.2. The molecule has 0 unspecified atom stereocenters. The molecule has 0 atom stereocenters. The second-order valence-corrected chi connectivity index (χ2v) is 7.28. The zero-order valence-corrected chi connectivity index (χ0v) is 17.2. The van der Waals surface area contributed by atoms with Crippen molar-refractivity contribution in [3.63, 3.8) is 0 Å². The maximum Gasteiger partial charge on any atom is 0.261 e. The fraction of sp³-hybridized carbons (Fsp3) is 0.250. The molecule has 0 saturated carbocycles. The van der Waals surface area contributed by atoms with Crippen LogP contribution < -0.4 is 4.74 Å². The zero-order chi connectivity index (χ0) is 21.0. The number of amides is 1. The fourth-order valence-electron chi connectivity index (χ4n) is 2.56. The number of halogens is 3. The Morgan fingerprint density at radius 2 is 1.93 bits per heavy atom. The minimum absolute atomic E-state index is 0.0753. The first-order chi connectivity index (χ1) is 13.8. The summed E-state index contributed by atoms with van der Waals surface area (Å²) in [6, 6.07) is 10.9. The van der Waals surface area contributed by atoms with Crippen molar-refractivity contribution in [3.8, 4) is 17.2 Å². The van der Waals surface area contributed by atoms with E-state index in [0.29, 0.717) is 16.3 Å². The van der Waals surface area contributed by atoms with Crippen LogP contribution in [0.1, 0.15) is 19.7 Å². The fourth-order valence-corrected chi connectivity index (χ4v) is 2.95. The molecule has 1 aromatic heterocycles. The summed E-state index contributed by atoms with van der Waals surface area (Å²) in [6.07, 6.45) is 0. The number of rotatable bonds is 7. The average Bonchev–Trinajstić information content (AvgIpc) is 3.15. The Balaban J connectivity index is 1.67. The summed E-state index contributed by atoms with van der Waals surface area (Å²) in [7, 11) is 0. The predicted octanol–water partition coefficient (Wildman–Crippen LogP) is 5.00. The molecule has 1 heterocycles. The van der Waals surface area contributed by atoms with E-state index in [-0.39, 0.29) is 41.9 Å². The Morgan fingerprint density at radius 1 is 1.17 bits per heavy atom. The van der Waals surface area contributed by atoms with Gasteiger partial charge in [-0.2, -0.15) is 0 Å². The van der Waals surface area contributed by atoms with Crippen LogP contribution in [0.15, 0.2) is 46.9 Å². The molecule has 0 radical (unpaired) electrons. The maximum absolute atomic E-state index is 13.2. The van der Waals surface area contributed by atoms with E-state index in [9.17, 15) is 9.18 Å². The number of ether oxygens (including phenoxy) is 1. The molecule has 152 valence electrons. The van der Waals surface area contributed by atoms with E-state index in [1.165, 1.54) is 23.1 Å². The smallest absolute Gasteiger partial charge is 0.261 e. The van der Waals surface area contributed by atoms with Gasteiger partial charge in [-0.1, -0.05) is 35.3 Å². The second-order valence-electron chi connectivity index (χ2n) is 6.46. The first kappa shape index (κ1) is 21.1. The van der Waals surface area contributed by atoms with Crippen molar-refractivity contribution in [1.29, 1.82) is 0 Å². The Labute approximate surface area is 177 Å². The summed E-state index contributed by atoms with van der Waals surface area (Å²) < 4.78 is 24.3. The molecule has 0 aliphatic heterocycles. The van der Waals surface area contributed by atoms with Gasteiger partial charge in [-0.15, -0.1) is 10.2 Å². The Morgan fingerprint density at radius 3 is 2.62 bits per heavy atom. The van der Waals surface area contributed by atoms with Gasteiger partial charge < -0.3 is 14.1 Å². The third-order valence-electron chi connectivity index (χ3n) is 4.07. The molecule has 0 fully saturated rings. The summed E-state index contributed by atoms with van der Waals surface area (Å²) >= 11 is 11.9. The van der Waals surface area contributed by atoms with Crippen LogP contribution in [0, 0.1) is 5.82 Å². The Kier molecular flexibility index (Phi) is 6.71. The van der Waals surface area contributed by atoms with Gasteiger partial charge in [0.1, 0.15) is 11.6 Å². The number of benzene rings is 2. The van der Waals surface area contributed by atoms with Crippen molar-refractivity contribution in [2.45, 2.75) is 26.4 Å². The molecule has 29 heavy (non-hydrogen) atoms. The molecule has 0 aliphatic carbocycles. The van der Waals surface area contributed by atoms with Crippen LogP contribution in [0.3, 0.4) is 0 Å². The van der Waals surface area contributed by atoms with Gasteiger partial charge in [0.05, 0.1) is 22.2 Å². The molecule has 0 bridgehead atoms. The number of hydrogen-bond acceptors (Lipinski definition) is 5. The predicted molar refractivity (Wildman–Crippen MR) is 107 cm³/mol. The van der Waals surface area contributed by atoms with Crippen LogP contribution >= 0.6 is 23.2 Å². The van der Waals surface area contributed by atoms with Gasteiger partial charge >= 0.3 is 0 Å². The standard InChI is InChI=1S/C20H18Cl2FN3O3/c1-12(2)26(19(27)11-28-13-7-8-17(23)16(22)9-13)10-18-24-25-20(29-18)14-5-3-4-6-15(14)21/h3-9,12H,10-11H2,1-2H3. The zero-order valence-electron chi connectivity index (χ0n) is 15.7. The van der Waals surface area contributed by atoms with Crippen LogP contribution in [-0.4, -0.2) is 33.7 Å². The summed E-state index contributed by atoms with van der Waals surface area (Å²) in [5, 5.41) is 8.43. The van der Waals surface area contributed by atoms with Crippen LogP contribution in [0.25, 0.3) is 11.5 Å². The molecular formula is C20H18Cl2FN3O3. The molecule has 0 aliphatic rings. The number of nitrogens with zero attached hydrogens (tertiary/aromatic N) is 3. The highest BCUT2D eigenvalue weighted by Crippen LogP contribution is 2.26. The molecule has 3 rings (SSSR count). The molecule has 3 aromatic rings. The third-order valence-corrected chi connectivity index (χ3v) is 4.69. The minimum Gasteiger partial charge on any atom is -0.484 e. The van der Waals surface area contributed by atoms with Crippen molar-refractivity contribution in [1.82, 2.24) is 15.1 Å². The van der Waals surface area contributed by atoms with Crippen molar-refractivity contribution < 1.29 is 18.3 Å². The molecule has 2 aromatic carbocycles. The second kappa shape index (κ2) is 9.24. The average molecular weight is 438 g/mol. The molecule has 1 amide bonds. The van der Waals surface area contributed by atoms with E-state index in [1.54, 1.807) is 18.2 Å². The van der Waals surface area contributed by atoms with Gasteiger partial charge in [0.25, 0.3) is 5.91 Å². The molecular weight excluding hydrogens is 420 g/mol. The van der Waals surface area contributed by atoms with Gasteiger partial charge in [0.15, 0.2) is 6.61 Å². The monoisotopic (exact) mass is 437 g/mol. The van der Waals surface area contributed by atoms with Crippen LogP contribution in [-0.2, 0) is 11.3 Å². The topological polar surface area (TPSA) is 68.5 Å². The van der Waals surface area contributed by atoms with E-state index in [2.05, 4.69) is 10.2 Å². The van der Waals surface area contributed by atoms with Crippen LogP contribution in [0.5, 0.6) is 5.75 Å². The van der Waals surface area contributed by atoms with Gasteiger partial charge in [-0.05, 0) is 38.1 Å². The number of hydrogen-bond donors (Lipinski definition) is 0. The minimum atomic E-state index is -0.556. The molecule has 6 nitrogen and oxygen atoms in total. The van der Waals surface area contributed by atoms with E-state index in [0.717, 1.165) is 0 Å². The van der Waals surface area contributed by atoms with Gasteiger partial charge in [0, 0.05) is 12.1 Å². The molecule has 0 N–H and O–H groups in total. The van der Waals surface area contributed by atoms with Crippen LogP contribution in [0.4, 0.5) is 4.39 Å². The first-order valence-corrected chi connectivity index (χ1v) is 9.55. The SMILES string of the molecule is CC(C)N(Cc1nnc(-c2ccccc2Cl)o1)C(=O)COc1ccc(F)c(Cl)c1. The lowest BCUT2D eigenvalue weighted by Gasteiger charge is -2.25. The Bertz CT molecular complexity index is 1010. The molecule has 0 saturated heterocycles. The van der Waals surface area contributed by atoms with Crippen LogP contribution in [0.2, 0.25) is 10.0 Å². The number of carbonyl (C=O) groups is 1. The molecule has 0 spiro atoms. The van der Waals surface area contributed by atoms with Gasteiger partial charge in [-0.25, -0.2) is 4.39 Å². The molecule has 9 heteroatoms. The lowest BCUT2D eigenvalue weighted by atomic mass is 10.2.